The fourth-order valence-electron chi connectivity index (χ4n) is 1.84. The van der Waals surface area contributed by atoms with Crippen molar-refractivity contribution in [3.63, 3.8) is 0 Å². The minimum Gasteiger partial charge on any atom is -0.342 e. The quantitative estimate of drug-likeness (QED) is 0.576. The number of allylic oxidation sites excluding steroid dienone is 2. The molecule has 1 aromatic heterocycles. The summed E-state index contributed by atoms with van der Waals surface area (Å²) in [7, 11) is 0. The summed E-state index contributed by atoms with van der Waals surface area (Å²) in [6.45, 7) is 0.939. The molecule has 0 aromatic carbocycles. The van der Waals surface area contributed by atoms with E-state index in [1.807, 2.05) is 18.3 Å². The van der Waals surface area contributed by atoms with Crippen molar-refractivity contribution in [1.29, 1.82) is 0 Å². The van der Waals surface area contributed by atoms with Gasteiger partial charge in [-0.1, -0.05) is 18.2 Å². The van der Waals surface area contributed by atoms with Gasteiger partial charge in [-0.15, -0.1) is 0 Å². The first kappa shape index (κ1) is 7.56. The first-order valence-electron chi connectivity index (χ1n) is 4.72. The van der Waals surface area contributed by atoms with Crippen LogP contribution in [0.3, 0.4) is 0 Å². The topological polar surface area (TPSA) is 16.1 Å². The molecular weight excluding hydrogens is 172 g/mol. The first-order chi connectivity index (χ1) is 6.95. The van der Waals surface area contributed by atoms with Gasteiger partial charge in [0.1, 0.15) is 0 Å². The van der Waals surface area contributed by atoms with Crippen LogP contribution in [-0.2, 0) is 0 Å². The van der Waals surface area contributed by atoms with Gasteiger partial charge in [0.05, 0.1) is 11.0 Å². The third kappa shape index (κ3) is 1.01. The Labute approximate surface area is 82.2 Å². The van der Waals surface area contributed by atoms with E-state index in [1.165, 1.54) is 10.9 Å². The van der Waals surface area contributed by atoms with Gasteiger partial charge in [0.25, 0.3) is 0 Å². The van der Waals surface area contributed by atoms with Crippen molar-refractivity contribution in [3.8, 4) is 0 Å². The zero-order valence-electron chi connectivity index (χ0n) is 7.72. The highest BCUT2D eigenvalue weighted by molar-refractivity contribution is 5.61. The molecule has 2 aliphatic heterocycles. The van der Waals surface area contributed by atoms with Crippen LogP contribution in [0.1, 0.15) is 0 Å². The van der Waals surface area contributed by atoms with Crippen molar-refractivity contribution in [1.82, 2.24) is 9.88 Å². The fourth-order valence-corrected chi connectivity index (χ4v) is 1.84. The van der Waals surface area contributed by atoms with Gasteiger partial charge in [-0.05, 0) is 18.2 Å². The Morgan fingerprint density at radius 2 is 2.29 bits per heavy atom. The Morgan fingerprint density at radius 3 is 3.29 bits per heavy atom. The summed E-state index contributed by atoms with van der Waals surface area (Å²) >= 11 is 0. The van der Waals surface area contributed by atoms with E-state index in [2.05, 4.69) is 40.4 Å². The molecule has 3 heterocycles. The van der Waals surface area contributed by atoms with Gasteiger partial charge >= 0.3 is 0 Å². The normalized spacial score (nSPS) is 17.4. The molecule has 0 saturated heterocycles. The largest absolute Gasteiger partial charge is 0.342 e. The molecule has 2 heteroatoms. The summed E-state index contributed by atoms with van der Waals surface area (Å²) in [5.41, 5.74) is 1.20. The van der Waals surface area contributed by atoms with E-state index in [0.29, 0.717) is 0 Å². The number of rotatable bonds is 0. The van der Waals surface area contributed by atoms with Gasteiger partial charge in [-0.2, -0.15) is 0 Å². The maximum atomic E-state index is 4.41. The summed E-state index contributed by atoms with van der Waals surface area (Å²) in [6, 6.07) is 4.09. The molecule has 0 unspecified atom stereocenters. The molecule has 0 atom stereocenters. The predicted molar refractivity (Wildman–Crippen MR) is 56.3 cm³/mol. The molecule has 0 aliphatic carbocycles. The van der Waals surface area contributed by atoms with Crippen molar-refractivity contribution in [3.05, 3.63) is 53.3 Å². The van der Waals surface area contributed by atoms with Crippen LogP contribution in [0, 0.1) is 0 Å². The average Bonchev–Trinajstić information content (AvgIpc) is 2.29. The lowest BCUT2D eigenvalue weighted by atomic mass is 10.1. The average molecular weight is 182 g/mol. The molecule has 14 heavy (non-hydrogen) atoms. The van der Waals surface area contributed by atoms with E-state index in [-0.39, 0.29) is 0 Å². The van der Waals surface area contributed by atoms with Gasteiger partial charge in [0.15, 0.2) is 0 Å². The van der Waals surface area contributed by atoms with Crippen LogP contribution in [0.25, 0.3) is 11.8 Å². The summed E-state index contributed by atoms with van der Waals surface area (Å²) < 4.78 is 0. The van der Waals surface area contributed by atoms with Gasteiger partial charge in [-0.3, -0.25) is 4.98 Å². The smallest absolute Gasteiger partial charge is 0.0936 e. The van der Waals surface area contributed by atoms with E-state index in [1.54, 1.807) is 0 Å². The summed E-state index contributed by atoms with van der Waals surface area (Å²) in [5, 5.41) is 2.32. The van der Waals surface area contributed by atoms with E-state index >= 15 is 0 Å². The Balaban J connectivity index is 2.40. The van der Waals surface area contributed by atoms with E-state index in [0.717, 1.165) is 11.9 Å². The SMILES string of the molecule is C1=CC2=c3ncccc3=CCN2C=C1. The van der Waals surface area contributed by atoms with Gasteiger partial charge in [0.2, 0.25) is 0 Å². The Morgan fingerprint density at radius 1 is 1.29 bits per heavy atom. The number of nitrogens with zero attached hydrogens (tertiary/aromatic N) is 2. The number of fused-ring (bicyclic) bond motifs is 2. The lowest BCUT2D eigenvalue weighted by molar-refractivity contribution is 0.594. The zero-order chi connectivity index (χ0) is 9.38. The van der Waals surface area contributed by atoms with Crippen molar-refractivity contribution in [2.75, 3.05) is 6.54 Å². The second-order valence-corrected chi connectivity index (χ2v) is 3.38. The molecule has 1 aromatic rings. The van der Waals surface area contributed by atoms with Crippen LogP contribution < -0.4 is 10.6 Å². The number of hydrogen-bond acceptors (Lipinski definition) is 2. The van der Waals surface area contributed by atoms with Gasteiger partial charge in [-0.25, -0.2) is 0 Å². The Hall–Kier alpha value is -1.83. The minimum absolute atomic E-state index is 0.939. The maximum Gasteiger partial charge on any atom is 0.0936 e. The van der Waals surface area contributed by atoms with E-state index < -0.39 is 0 Å². The minimum atomic E-state index is 0.939. The van der Waals surface area contributed by atoms with Crippen LogP contribution in [0.15, 0.2) is 42.8 Å². The summed E-state index contributed by atoms with van der Waals surface area (Å²) in [6.07, 6.45) is 12.3. The van der Waals surface area contributed by atoms with Crippen molar-refractivity contribution >= 4 is 11.8 Å². The van der Waals surface area contributed by atoms with Crippen LogP contribution >= 0.6 is 0 Å². The fraction of sp³-hybridized carbons (Fsp3) is 0.0833. The highest BCUT2D eigenvalue weighted by Crippen LogP contribution is 2.12. The molecule has 0 spiro atoms. The highest BCUT2D eigenvalue weighted by atomic mass is 15.1. The van der Waals surface area contributed by atoms with Gasteiger partial charge in [0, 0.05) is 24.2 Å². The molecule has 0 fully saturated rings. The number of pyridine rings is 1. The van der Waals surface area contributed by atoms with Crippen LogP contribution in [0.5, 0.6) is 0 Å². The zero-order valence-corrected chi connectivity index (χ0v) is 7.72. The molecule has 68 valence electrons. The van der Waals surface area contributed by atoms with Crippen LogP contribution in [0.4, 0.5) is 0 Å². The standard InChI is InChI=1S/C12H10N2/c1-2-8-14-9-6-10-4-3-7-13-12(10)11(14)5-1/h1-8H,9H2. The lowest BCUT2D eigenvalue weighted by Crippen LogP contribution is -2.39. The Kier molecular flexibility index (Phi) is 1.53. The predicted octanol–water partition coefficient (Wildman–Crippen LogP) is 0.369. The third-order valence-electron chi connectivity index (χ3n) is 2.53. The molecule has 2 aliphatic rings. The van der Waals surface area contributed by atoms with E-state index in [4.69, 9.17) is 0 Å². The highest BCUT2D eigenvalue weighted by Gasteiger charge is 2.10. The summed E-state index contributed by atoms with van der Waals surface area (Å²) in [4.78, 5) is 6.61. The maximum absolute atomic E-state index is 4.41. The first-order valence-corrected chi connectivity index (χ1v) is 4.72. The molecule has 0 radical (unpaired) electrons. The number of hydrogen-bond donors (Lipinski definition) is 0. The lowest BCUT2D eigenvalue weighted by Gasteiger charge is -2.24. The molecule has 2 nitrogen and oxygen atoms in total. The Bertz CT molecular complexity index is 538. The molecule has 0 N–H and O–H groups in total. The molecule has 0 bridgehead atoms. The monoisotopic (exact) mass is 182 g/mol. The van der Waals surface area contributed by atoms with E-state index in [9.17, 15) is 0 Å². The number of aromatic nitrogens is 1. The molecule has 0 amide bonds. The van der Waals surface area contributed by atoms with Crippen LogP contribution in [-0.4, -0.2) is 16.4 Å². The second kappa shape index (κ2) is 2.84. The van der Waals surface area contributed by atoms with Crippen molar-refractivity contribution in [2.45, 2.75) is 0 Å². The second-order valence-electron chi connectivity index (χ2n) is 3.38. The van der Waals surface area contributed by atoms with Crippen molar-refractivity contribution in [2.24, 2.45) is 0 Å². The summed E-state index contributed by atoms with van der Waals surface area (Å²) in [5.74, 6) is 0. The van der Waals surface area contributed by atoms with Gasteiger partial charge < -0.3 is 4.90 Å². The third-order valence-corrected chi connectivity index (χ3v) is 2.53. The van der Waals surface area contributed by atoms with Crippen LogP contribution in [0.2, 0.25) is 0 Å². The molecular formula is C12H10N2. The molecule has 0 saturated carbocycles. The van der Waals surface area contributed by atoms with Crippen molar-refractivity contribution < 1.29 is 0 Å². The molecule has 3 rings (SSSR count).